The number of hydrogen-bond acceptors (Lipinski definition) is 4. The molecule has 0 spiro atoms. The summed E-state index contributed by atoms with van der Waals surface area (Å²) in [6.07, 6.45) is 5.17. The molecule has 136 valence electrons. The molecule has 2 amide bonds. The van der Waals surface area contributed by atoms with Crippen molar-refractivity contribution in [1.29, 1.82) is 0 Å². The first kappa shape index (κ1) is 16.8. The third-order valence-electron chi connectivity index (χ3n) is 5.53. The average molecular weight is 353 g/mol. The summed E-state index contributed by atoms with van der Waals surface area (Å²) in [7, 11) is 0. The fourth-order valence-corrected chi connectivity index (χ4v) is 4.00. The van der Waals surface area contributed by atoms with Gasteiger partial charge in [-0.3, -0.25) is 14.6 Å². The first-order chi connectivity index (χ1) is 12.6. The predicted molar refractivity (Wildman–Crippen MR) is 97.8 cm³/mol. The first-order valence-electron chi connectivity index (χ1n) is 9.30. The van der Waals surface area contributed by atoms with E-state index in [9.17, 15) is 14.7 Å². The molecule has 0 bridgehead atoms. The molecule has 4 rings (SSSR count). The maximum atomic E-state index is 12.8. The zero-order valence-corrected chi connectivity index (χ0v) is 14.7. The van der Waals surface area contributed by atoms with Gasteiger partial charge in [-0.2, -0.15) is 0 Å². The third kappa shape index (κ3) is 3.00. The van der Waals surface area contributed by atoms with Crippen LogP contribution in [0.25, 0.3) is 10.9 Å². The van der Waals surface area contributed by atoms with Crippen LogP contribution in [-0.4, -0.2) is 57.9 Å². The van der Waals surface area contributed by atoms with Crippen LogP contribution in [0.15, 0.2) is 30.5 Å². The number of aromatic nitrogens is 1. The van der Waals surface area contributed by atoms with Gasteiger partial charge in [0.1, 0.15) is 5.52 Å². The van der Waals surface area contributed by atoms with Crippen molar-refractivity contribution in [1.82, 2.24) is 14.8 Å². The number of phenols is 1. The molecule has 2 aliphatic heterocycles. The van der Waals surface area contributed by atoms with Crippen LogP contribution in [0.5, 0.6) is 5.75 Å². The molecule has 6 nitrogen and oxygen atoms in total. The molecular formula is C20H23N3O3. The predicted octanol–water partition coefficient (Wildman–Crippen LogP) is 2.42. The number of piperidine rings is 1. The van der Waals surface area contributed by atoms with Crippen molar-refractivity contribution in [3.05, 3.63) is 36.0 Å². The topological polar surface area (TPSA) is 73.7 Å². The number of fused-ring (bicyclic) bond motifs is 1. The highest BCUT2D eigenvalue weighted by atomic mass is 16.3. The van der Waals surface area contributed by atoms with E-state index in [-0.39, 0.29) is 29.0 Å². The van der Waals surface area contributed by atoms with Crippen LogP contribution in [0, 0.1) is 5.92 Å². The minimum Gasteiger partial charge on any atom is -0.505 e. The number of nitrogens with zero attached hydrogens (tertiary/aromatic N) is 3. The fourth-order valence-electron chi connectivity index (χ4n) is 4.00. The summed E-state index contributed by atoms with van der Waals surface area (Å²) >= 11 is 0. The molecule has 0 aliphatic carbocycles. The van der Waals surface area contributed by atoms with Gasteiger partial charge in [-0.05, 0) is 37.8 Å². The van der Waals surface area contributed by atoms with Gasteiger partial charge >= 0.3 is 0 Å². The quantitative estimate of drug-likeness (QED) is 0.900. The SMILES string of the molecule is O=C(c1ccc2cccnc2c1O)N1CCC(C(=O)N2CCCC2)CC1. The van der Waals surface area contributed by atoms with Crippen molar-refractivity contribution < 1.29 is 14.7 Å². The number of amides is 2. The Balaban J connectivity index is 1.45. The Hall–Kier alpha value is -2.63. The summed E-state index contributed by atoms with van der Waals surface area (Å²) in [5.41, 5.74) is 0.720. The number of aromatic hydroxyl groups is 1. The number of hydrogen-bond donors (Lipinski definition) is 1. The van der Waals surface area contributed by atoms with Crippen molar-refractivity contribution in [2.45, 2.75) is 25.7 Å². The number of likely N-dealkylation sites (tertiary alicyclic amines) is 2. The van der Waals surface area contributed by atoms with Gasteiger partial charge in [-0.25, -0.2) is 0 Å². The normalized spacial score (nSPS) is 18.5. The Morgan fingerprint density at radius 1 is 1.00 bits per heavy atom. The second-order valence-electron chi connectivity index (χ2n) is 7.14. The maximum absolute atomic E-state index is 12.8. The van der Waals surface area contributed by atoms with E-state index in [1.807, 2.05) is 11.0 Å². The van der Waals surface area contributed by atoms with Gasteiger partial charge in [0.2, 0.25) is 5.91 Å². The van der Waals surface area contributed by atoms with Crippen molar-refractivity contribution in [2.24, 2.45) is 5.92 Å². The molecular weight excluding hydrogens is 330 g/mol. The van der Waals surface area contributed by atoms with Gasteiger partial charge in [0, 0.05) is 43.7 Å². The van der Waals surface area contributed by atoms with Gasteiger partial charge in [-0.15, -0.1) is 0 Å². The summed E-state index contributed by atoms with van der Waals surface area (Å²) in [5.74, 6) is 0.00172. The van der Waals surface area contributed by atoms with Gasteiger partial charge in [0.05, 0.1) is 5.56 Å². The van der Waals surface area contributed by atoms with E-state index >= 15 is 0 Å². The summed E-state index contributed by atoms with van der Waals surface area (Å²) in [4.78, 5) is 33.2. The third-order valence-corrected chi connectivity index (χ3v) is 5.53. The second kappa shape index (κ2) is 6.94. The van der Waals surface area contributed by atoms with E-state index in [0.29, 0.717) is 31.4 Å². The molecule has 0 radical (unpaired) electrons. The lowest BCUT2D eigenvalue weighted by Gasteiger charge is -2.33. The number of rotatable bonds is 2. The summed E-state index contributed by atoms with van der Waals surface area (Å²) in [6, 6.07) is 7.11. The smallest absolute Gasteiger partial charge is 0.257 e. The van der Waals surface area contributed by atoms with Crippen molar-refractivity contribution >= 4 is 22.7 Å². The van der Waals surface area contributed by atoms with Gasteiger partial charge in [0.15, 0.2) is 5.75 Å². The molecule has 6 heteroatoms. The van der Waals surface area contributed by atoms with E-state index in [2.05, 4.69) is 4.98 Å². The van der Waals surface area contributed by atoms with Crippen LogP contribution >= 0.6 is 0 Å². The molecule has 1 N–H and O–H groups in total. The highest BCUT2D eigenvalue weighted by molar-refractivity contribution is 6.02. The lowest BCUT2D eigenvalue weighted by molar-refractivity contribution is -0.135. The lowest BCUT2D eigenvalue weighted by atomic mass is 9.94. The van der Waals surface area contributed by atoms with Crippen LogP contribution < -0.4 is 0 Å². The standard InChI is InChI=1S/C20H23N3O3/c24-18-16(6-5-14-4-3-9-21-17(14)18)20(26)23-12-7-15(8-13-23)19(25)22-10-1-2-11-22/h3-6,9,15,24H,1-2,7-8,10-13H2. The molecule has 2 fully saturated rings. The summed E-state index contributed by atoms with van der Waals surface area (Å²) in [6.45, 7) is 2.83. The van der Waals surface area contributed by atoms with E-state index in [0.717, 1.165) is 31.3 Å². The number of phenolic OH excluding ortho intramolecular Hbond substituents is 1. The van der Waals surface area contributed by atoms with Crippen molar-refractivity contribution in [2.75, 3.05) is 26.2 Å². The van der Waals surface area contributed by atoms with E-state index in [1.165, 1.54) is 0 Å². The number of carbonyl (C=O) groups excluding carboxylic acids is 2. The molecule has 3 heterocycles. The fraction of sp³-hybridized carbons (Fsp3) is 0.450. The molecule has 0 saturated carbocycles. The second-order valence-corrected chi connectivity index (χ2v) is 7.14. The largest absolute Gasteiger partial charge is 0.505 e. The van der Waals surface area contributed by atoms with Gasteiger partial charge < -0.3 is 14.9 Å². The molecule has 2 aliphatic rings. The van der Waals surface area contributed by atoms with Gasteiger partial charge in [-0.1, -0.05) is 12.1 Å². The van der Waals surface area contributed by atoms with Crippen molar-refractivity contribution in [3.8, 4) is 5.75 Å². The molecule has 1 aromatic carbocycles. The Morgan fingerprint density at radius 3 is 2.46 bits per heavy atom. The van der Waals surface area contributed by atoms with Gasteiger partial charge in [0.25, 0.3) is 5.91 Å². The lowest BCUT2D eigenvalue weighted by Crippen LogP contribution is -2.43. The van der Waals surface area contributed by atoms with Crippen LogP contribution in [-0.2, 0) is 4.79 Å². The summed E-state index contributed by atoms with van der Waals surface area (Å²) in [5, 5.41) is 11.3. The zero-order chi connectivity index (χ0) is 18.1. The highest BCUT2D eigenvalue weighted by Crippen LogP contribution is 2.29. The van der Waals surface area contributed by atoms with E-state index in [1.54, 1.807) is 29.3 Å². The monoisotopic (exact) mass is 353 g/mol. The summed E-state index contributed by atoms with van der Waals surface area (Å²) < 4.78 is 0. The molecule has 26 heavy (non-hydrogen) atoms. The number of carbonyl (C=O) groups is 2. The average Bonchev–Trinajstić information content (AvgIpc) is 3.22. The Bertz CT molecular complexity index is 837. The van der Waals surface area contributed by atoms with Crippen LogP contribution in [0.1, 0.15) is 36.0 Å². The van der Waals surface area contributed by atoms with Crippen LogP contribution in [0.2, 0.25) is 0 Å². The molecule has 2 aromatic rings. The van der Waals surface area contributed by atoms with Crippen LogP contribution in [0.3, 0.4) is 0 Å². The minimum absolute atomic E-state index is 0.0176. The minimum atomic E-state index is -0.192. The molecule has 2 saturated heterocycles. The first-order valence-corrected chi connectivity index (χ1v) is 9.30. The van der Waals surface area contributed by atoms with Crippen LogP contribution in [0.4, 0.5) is 0 Å². The molecule has 0 atom stereocenters. The van der Waals surface area contributed by atoms with E-state index < -0.39 is 0 Å². The zero-order valence-electron chi connectivity index (χ0n) is 14.7. The highest BCUT2D eigenvalue weighted by Gasteiger charge is 2.32. The molecule has 1 aromatic heterocycles. The Kier molecular flexibility index (Phi) is 4.49. The number of benzene rings is 1. The van der Waals surface area contributed by atoms with Crippen molar-refractivity contribution in [3.63, 3.8) is 0 Å². The Morgan fingerprint density at radius 2 is 1.73 bits per heavy atom. The Labute approximate surface area is 152 Å². The number of pyridine rings is 1. The maximum Gasteiger partial charge on any atom is 0.257 e. The molecule has 0 unspecified atom stereocenters. The van der Waals surface area contributed by atoms with E-state index in [4.69, 9.17) is 0 Å².